The van der Waals surface area contributed by atoms with E-state index in [-0.39, 0.29) is 36.4 Å². The molecule has 1 amide bonds. The molecule has 1 heterocycles. The van der Waals surface area contributed by atoms with E-state index in [4.69, 9.17) is 5.11 Å². The van der Waals surface area contributed by atoms with Gasteiger partial charge < -0.3 is 10.4 Å². The second-order valence-corrected chi connectivity index (χ2v) is 9.32. The fourth-order valence-corrected chi connectivity index (χ4v) is 4.49. The molecule has 1 saturated heterocycles. The van der Waals surface area contributed by atoms with Crippen LogP contribution in [0.4, 0.5) is 0 Å². The van der Waals surface area contributed by atoms with Gasteiger partial charge in [0.25, 0.3) is 0 Å². The third-order valence-corrected chi connectivity index (χ3v) is 6.93. The number of nitrogens with zero attached hydrogens (tertiary/aromatic N) is 1. The number of hydrogen-bond donors (Lipinski definition) is 2. The Morgan fingerprint density at radius 3 is 2.19 bits per heavy atom. The molecular formula is C19H28N2O5S. The summed E-state index contributed by atoms with van der Waals surface area (Å²) in [5.74, 6) is -1.77. The van der Waals surface area contributed by atoms with Crippen LogP contribution < -0.4 is 5.32 Å². The van der Waals surface area contributed by atoms with E-state index in [9.17, 15) is 18.0 Å². The van der Waals surface area contributed by atoms with Crippen LogP contribution in [0.3, 0.4) is 0 Å². The molecule has 1 unspecified atom stereocenters. The van der Waals surface area contributed by atoms with E-state index in [1.807, 2.05) is 12.1 Å². The first-order valence-electron chi connectivity index (χ1n) is 9.23. The average molecular weight is 397 g/mol. The molecule has 0 radical (unpaired) electrons. The summed E-state index contributed by atoms with van der Waals surface area (Å²) in [7, 11) is -3.57. The first kappa shape index (κ1) is 21.4. The van der Waals surface area contributed by atoms with Crippen molar-refractivity contribution in [2.75, 3.05) is 19.6 Å². The van der Waals surface area contributed by atoms with Gasteiger partial charge in [-0.05, 0) is 36.5 Å². The van der Waals surface area contributed by atoms with Crippen LogP contribution in [0.15, 0.2) is 29.2 Å². The van der Waals surface area contributed by atoms with Crippen molar-refractivity contribution in [1.82, 2.24) is 9.62 Å². The van der Waals surface area contributed by atoms with Gasteiger partial charge in [-0.1, -0.05) is 32.9 Å². The molecule has 2 rings (SSSR count). The fourth-order valence-electron chi connectivity index (χ4n) is 3.02. The molecule has 0 saturated carbocycles. The van der Waals surface area contributed by atoms with Gasteiger partial charge in [-0.15, -0.1) is 0 Å². The summed E-state index contributed by atoms with van der Waals surface area (Å²) in [6.07, 6.45) is 0.854. The van der Waals surface area contributed by atoms with Gasteiger partial charge in [0.2, 0.25) is 15.9 Å². The van der Waals surface area contributed by atoms with Crippen LogP contribution >= 0.6 is 0 Å². The Labute approximate surface area is 160 Å². The Kier molecular flexibility index (Phi) is 7.00. The first-order valence-corrected chi connectivity index (χ1v) is 10.7. The van der Waals surface area contributed by atoms with Crippen molar-refractivity contribution < 1.29 is 23.1 Å². The third kappa shape index (κ3) is 5.29. The van der Waals surface area contributed by atoms with Crippen LogP contribution in [0.2, 0.25) is 0 Å². The highest BCUT2D eigenvalue weighted by Crippen LogP contribution is 2.25. The lowest BCUT2D eigenvalue weighted by Gasteiger charge is -2.30. The second-order valence-electron chi connectivity index (χ2n) is 7.39. The molecule has 1 aliphatic heterocycles. The number of carboxylic acid groups (broad SMARTS) is 1. The molecule has 1 atom stereocenters. The van der Waals surface area contributed by atoms with Gasteiger partial charge in [0.1, 0.15) is 0 Å². The minimum Gasteiger partial charge on any atom is -0.481 e. The van der Waals surface area contributed by atoms with Crippen molar-refractivity contribution in [2.24, 2.45) is 11.8 Å². The molecule has 8 heteroatoms. The molecule has 1 aromatic carbocycles. The Hall–Kier alpha value is -1.93. The average Bonchev–Trinajstić information content (AvgIpc) is 2.65. The van der Waals surface area contributed by atoms with Crippen LogP contribution in [0.5, 0.6) is 0 Å². The number of aliphatic carboxylic acids is 1. The summed E-state index contributed by atoms with van der Waals surface area (Å²) in [4.78, 5) is 23.3. The second kappa shape index (κ2) is 8.84. The monoisotopic (exact) mass is 396 g/mol. The number of nitrogens with one attached hydrogen (secondary N) is 1. The van der Waals surface area contributed by atoms with E-state index in [1.54, 1.807) is 12.1 Å². The molecule has 27 heavy (non-hydrogen) atoms. The molecule has 2 N–H and O–H groups in total. The van der Waals surface area contributed by atoms with Crippen molar-refractivity contribution >= 4 is 21.9 Å². The van der Waals surface area contributed by atoms with Gasteiger partial charge in [-0.2, -0.15) is 4.31 Å². The van der Waals surface area contributed by atoms with Crippen molar-refractivity contribution in [3.05, 3.63) is 29.8 Å². The van der Waals surface area contributed by atoms with E-state index in [0.29, 0.717) is 18.8 Å². The lowest BCUT2D eigenvalue weighted by molar-refractivity contribution is -0.141. The molecule has 7 nitrogen and oxygen atoms in total. The van der Waals surface area contributed by atoms with E-state index < -0.39 is 21.9 Å². The van der Waals surface area contributed by atoms with Crippen molar-refractivity contribution in [3.8, 4) is 0 Å². The smallest absolute Gasteiger partial charge is 0.308 e. The molecule has 1 aromatic rings. The molecular weight excluding hydrogens is 368 g/mol. The Morgan fingerprint density at radius 1 is 1.15 bits per heavy atom. The van der Waals surface area contributed by atoms with Gasteiger partial charge in [-0.3, -0.25) is 9.59 Å². The number of carboxylic acids is 1. The normalized spacial score (nSPS) is 17.6. The van der Waals surface area contributed by atoms with E-state index in [0.717, 1.165) is 5.56 Å². The number of hydrogen-bond acceptors (Lipinski definition) is 4. The summed E-state index contributed by atoms with van der Waals surface area (Å²) < 4.78 is 27.0. The lowest BCUT2D eigenvalue weighted by Crippen LogP contribution is -2.44. The van der Waals surface area contributed by atoms with E-state index in [2.05, 4.69) is 19.2 Å². The van der Waals surface area contributed by atoms with Crippen LogP contribution in [-0.4, -0.2) is 49.3 Å². The molecule has 0 aliphatic carbocycles. The Bertz CT molecular complexity index is 766. The first-order chi connectivity index (χ1) is 12.6. The van der Waals surface area contributed by atoms with Crippen LogP contribution in [0.1, 0.15) is 45.1 Å². The Balaban J connectivity index is 1.94. The number of carbonyl (C=O) groups excluding carboxylic acids is 1. The number of benzene rings is 1. The predicted molar refractivity (Wildman–Crippen MR) is 102 cm³/mol. The van der Waals surface area contributed by atoms with Gasteiger partial charge in [-0.25, -0.2) is 8.42 Å². The highest BCUT2D eigenvalue weighted by Gasteiger charge is 2.32. The number of rotatable bonds is 7. The molecule has 0 spiro atoms. The highest BCUT2D eigenvalue weighted by molar-refractivity contribution is 7.89. The third-order valence-electron chi connectivity index (χ3n) is 5.01. The lowest BCUT2D eigenvalue weighted by atomic mass is 9.97. The van der Waals surface area contributed by atoms with E-state index in [1.165, 1.54) is 11.2 Å². The number of piperidine rings is 1. The van der Waals surface area contributed by atoms with Gasteiger partial charge in [0.15, 0.2) is 0 Å². The van der Waals surface area contributed by atoms with Gasteiger partial charge in [0.05, 0.1) is 10.8 Å². The van der Waals surface area contributed by atoms with Crippen molar-refractivity contribution in [3.63, 3.8) is 0 Å². The highest BCUT2D eigenvalue weighted by atomic mass is 32.2. The Morgan fingerprint density at radius 2 is 1.70 bits per heavy atom. The van der Waals surface area contributed by atoms with Gasteiger partial charge >= 0.3 is 5.97 Å². The van der Waals surface area contributed by atoms with E-state index >= 15 is 0 Å². The van der Waals surface area contributed by atoms with Crippen LogP contribution in [0, 0.1) is 11.8 Å². The number of sulfonamides is 1. The zero-order valence-electron chi connectivity index (χ0n) is 16.0. The SMILES string of the molecule is CC(CNC(=O)C1CCN(S(=O)(=O)c2ccc(C(C)C)cc2)CC1)C(=O)O. The predicted octanol–water partition coefficient (Wildman–Crippen LogP) is 2.05. The maximum Gasteiger partial charge on any atom is 0.308 e. The molecule has 1 aliphatic rings. The quantitative estimate of drug-likeness (QED) is 0.734. The summed E-state index contributed by atoms with van der Waals surface area (Å²) in [5, 5.41) is 11.5. The van der Waals surface area contributed by atoms with Gasteiger partial charge in [0, 0.05) is 25.6 Å². The summed E-state index contributed by atoms with van der Waals surface area (Å²) in [6, 6.07) is 6.94. The zero-order valence-corrected chi connectivity index (χ0v) is 16.8. The van der Waals surface area contributed by atoms with Crippen molar-refractivity contribution in [1.29, 1.82) is 0 Å². The molecule has 0 aromatic heterocycles. The summed E-state index contributed by atoms with van der Waals surface area (Å²) >= 11 is 0. The van der Waals surface area contributed by atoms with Crippen LogP contribution in [-0.2, 0) is 19.6 Å². The number of amides is 1. The largest absolute Gasteiger partial charge is 0.481 e. The topological polar surface area (TPSA) is 104 Å². The molecule has 0 bridgehead atoms. The standard InChI is InChI=1S/C19H28N2O5S/c1-13(2)15-4-6-17(7-5-15)27(25,26)21-10-8-16(9-11-21)18(22)20-12-14(3)19(23)24/h4-7,13-14,16H,8-12H2,1-3H3,(H,20,22)(H,23,24). The minimum absolute atomic E-state index is 0.0783. The zero-order chi connectivity index (χ0) is 20.2. The molecule has 1 fully saturated rings. The molecule has 150 valence electrons. The summed E-state index contributed by atoms with van der Waals surface area (Å²) in [5.41, 5.74) is 1.08. The minimum atomic E-state index is -3.57. The number of carbonyl (C=O) groups is 2. The van der Waals surface area contributed by atoms with Crippen molar-refractivity contribution in [2.45, 2.75) is 44.4 Å². The van der Waals surface area contributed by atoms with Crippen LogP contribution in [0.25, 0.3) is 0 Å². The maximum absolute atomic E-state index is 12.8. The maximum atomic E-state index is 12.8. The summed E-state index contributed by atoms with van der Waals surface area (Å²) in [6.45, 7) is 6.27. The fraction of sp³-hybridized carbons (Fsp3) is 0.579.